The third-order valence-corrected chi connectivity index (χ3v) is 4.78. The Kier molecular flexibility index (Phi) is 6.44. The van der Waals surface area contributed by atoms with Crippen molar-refractivity contribution in [1.82, 2.24) is 5.32 Å². The molecule has 0 saturated carbocycles. The summed E-state index contributed by atoms with van der Waals surface area (Å²) < 4.78 is 5.46. The summed E-state index contributed by atoms with van der Waals surface area (Å²) in [5, 5.41) is 13.8. The molecular formula is C20H23ClN2O4. The van der Waals surface area contributed by atoms with Crippen molar-refractivity contribution in [2.75, 3.05) is 7.11 Å². The Bertz CT molecular complexity index is 881. The molecule has 0 fully saturated rings. The summed E-state index contributed by atoms with van der Waals surface area (Å²) in [5.41, 5.74) is 3.08. The van der Waals surface area contributed by atoms with E-state index < -0.39 is 4.92 Å². The highest BCUT2D eigenvalue weighted by atomic mass is 35.5. The summed E-state index contributed by atoms with van der Waals surface area (Å²) in [6.45, 7) is 8.01. The largest absolute Gasteiger partial charge is 0.496 e. The van der Waals surface area contributed by atoms with Crippen molar-refractivity contribution in [1.29, 1.82) is 0 Å². The molecule has 2 aromatic carbocycles. The van der Waals surface area contributed by atoms with Crippen LogP contribution in [0.25, 0.3) is 0 Å². The van der Waals surface area contributed by atoms with Gasteiger partial charge in [-0.05, 0) is 54.7 Å². The van der Waals surface area contributed by atoms with Crippen LogP contribution < -0.4 is 10.1 Å². The standard InChI is InChI=1S/C20H23ClN2O4/c1-11(2)16-10-17(12(3)8-19(16)27-5)13(4)22-20(24)15-7-6-14(23(25)26)9-18(15)21/h6-11,13H,1-5H3,(H,22,24)/t13-/m1/s1. The maximum absolute atomic E-state index is 12.6. The third kappa shape index (κ3) is 4.57. The van der Waals surface area contributed by atoms with E-state index in [0.29, 0.717) is 0 Å². The van der Waals surface area contributed by atoms with Crippen LogP contribution in [0.5, 0.6) is 5.75 Å². The summed E-state index contributed by atoms with van der Waals surface area (Å²) >= 11 is 6.05. The Morgan fingerprint density at radius 1 is 1.19 bits per heavy atom. The number of nitrogens with one attached hydrogen (secondary N) is 1. The molecule has 0 aromatic heterocycles. The monoisotopic (exact) mass is 390 g/mol. The van der Waals surface area contributed by atoms with E-state index in [2.05, 4.69) is 19.2 Å². The number of rotatable bonds is 6. The number of methoxy groups -OCH3 is 1. The number of halogens is 1. The van der Waals surface area contributed by atoms with Crippen LogP contribution in [0.2, 0.25) is 5.02 Å². The van der Waals surface area contributed by atoms with E-state index in [4.69, 9.17) is 16.3 Å². The summed E-state index contributed by atoms with van der Waals surface area (Å²) in [7, 11) is 1.64. The molecule has 7 heteroatoms. The quantitative estimate of drug-likeness (QED) is 0.544. The molecule has 0 spiro atoms. The van der Waals surface area contributed by atoms with Crippen LogP contribution in [-0.4, -0.2) is 17.9 Å². The highest BCUT2D eigenvalue weighted by molar-refractivity contribution is 6.34. The van der Waals surface area contributed by atoms with Crippen molar-refractivity contribution >= 4 is 23.2 Å². The predicted molar refractivity (Wildman–Crippen MR) is 106 cm³/mol. The molecule has 1 amide bonds. The lowest BCUT2D eigenvalue weighted by atomic mass is 9.93. The molecule has 6 nitrogen and oxygen atoms in total. The molecule has 0 aliphatic heterocycles. The van der Waals surface area contributed by atoms with Gasteiger partial charge in [-0.2, -0.15) is 0 Å². The average molecular weight is 391 g/mol. The number of benzene rings is 2. The number of nitro groups is 1. The molecule has 0 bridgehead atoms. The Morgan fingerprint density at radius 3 is 2.37 bits per heavy atom. The predicted octanol–water partition coefficient (Wildman–Crippen LogP) is 5.18. The van der Waals surface area contributed by atoms with E-state index in [1.807, 2.05) is 26.0 Å². The topological polar surface area (TPSA) is 81.5 Å². The Balaban J connectivity index is 2.29. The average Bonchev–Trinajstić information content (AvgIpc) is 2.60. The first-order valence-corrected chi connectivity index (χ1v) is 8.96. The molecule has 0 aliphatic carbocycles. The maximum atomic E-state index is 12.6. The lowest BCUT2D eigenvalue weighted by molar-refractivity contribution is -0.384. The fraction of sp³-hybridized carbons (Fsp3) is 0.350. The van der Waals surface area contributed by atoms with Crippen LogP contribution in [0, 0.1) is 17.0 Å². The zero-order valence-electron chi connectivity index (χ0n) is 16.0. The lowest BCUT2D eigenvalue weighted by Gasteiger charge is -2.21. The highest BCUT2D eigenvalue weighted by Gasteiger charge is 2.20. The minimum Gasteiger partial charge on any atom is -0.496 e. The molecule has 27 heavy (non-hydrogen) atoms. The molecule has 0 unspecified atom stereocenters. The van der Waals surface area contributed by atoms with Crippen LogP contribution in [0.3, 0.4) is 0 Å². The number of aryl methyl sites for hydroxylation is 1. The van der Waals surface area contributed by atoms with Gasteiger partial charge in [-0.25, -0.2) is 0 Å². The molecular weight excluding hydrogens is 368 g/mol. The molecule has 0 radical (unpaired) electrons. The van der Waals surface area contributed by atoms with Crippen LogP contribution in [0.15, 0.2) is 30.3 Å². The molecule has 0 heterocycles. The summed E-state index contributed by atoms with van der Waals surface area (Å²) in [6.07, 6.45) is 0. The number of amides is 1. The maximum Gasteiger partial charge on any atom is 0.270 e. The molecule has 2 rings (SSSR count). The van der Waals surface area contributed by atoms with Gasteiger partial charge in [-0.3, -0.25) is 14.9 Å². The van der Waals surface area contributed by atoms with Crippen molar-refractivity contribution in [2.45, 2.75) is 39.7 Å². The first-order chi connectivity index (χ1) is 12.6. The third-order valence-electron chi connectivity index (χ3n) is 4.46. The number of ether oxygens (including phenoxy) is 1. The van der Waals surface area contributed by atoms with Crippen molar-refractivity contribution < 1.29 is 14.5 Å². The highest BCUT2D eigenvalue weighted by Crippen LogP contribution is 2.32. The number of hydrogen-bond acceptors (Lipinski definition) is 4. The lowest BCUT2D eigenvalue weighted by Crippen LogP contribution is -2.27. The van der Waals surface area contributed by atoms with Gasteiger partial charge in [-0.1, -0.05) is 25.4 Å². The molecule has 144 valence electrons. The van der Waals surface area contributed by atoms with E-state index in [9.17, 15) is 14.9 Å². The second-order valence-corrected chi connectivity index (χ2v) is 7.13. The van der Waals surface area contributed by atoms with Crippen LogP contribution in [-0.2, 0) is 0 Å². The smallest absolute Gasteiger partial charge is 0.270 e. The van der Waals surface area contributed by atoms with Gasteiger partial charge >= 0.3 is 0 Å². The molecule has 1 atom stereocenters. The molecule has 2 aromatic rings. The Morgan fingerprint density at radius 2 is 1.85 bits per heavy atom. The van der Waals surface area contributed by atoms with E-state index in [1.165, 1.54) is 18.2 Å². The molecule has 0 saturated heterocycles. The van der Waals surface area contributed by atoms with E-state index in [0.717, 1.165) is 22.4 Å². The van der Waals surface area contributed by atoms with Crippen LogP contribution >= 0.6 is 11.6 Å². The van der Waals surface area contributed by atoms with Gasteiger partial charge in [0, 0.05) is 12.1 Å². The Labute approximate surface area is 163 Å². The van der Waals surface area contributed by atoms with Gasteiger partial charge in [-0.15, -0.1) is 0 Å². The number of carbonyl (C=O) groups is 1. The number of carbonyl (C=O) groups excluding carboxylic acids is 1. The summed E-state index contributed by atoms with van der Waals surface area (Å²) in [4.78, 5) is 22.9. The number of nitro benzene ring substituents is 1. The fourth-order valence-electron chi connectivity index (χ4n) is 2.96. The van der Waals surface area contributed by atoms with Gasteiger partial charge in [0.05, 0.1) is 28.7 Å². The van der Waals surface area contributed by atoms with Crippen LogP contribution in [0.1, 0.15) is 59.8 Å². The molecule has 0 aliphatic rings. The second kappa shape index (κ2) is 8.39. The van der Waals surface area contributed by atoms with Crippen molar-refractivity contribution in [3.05, 3.63) is 67.7 Å². The zero-order chi connectivity index (χ0) is 20.3. The second-order valence-electron chi connectivity index (χ2n) is 6.72. The van der Waals surface area contributed by atoms with E-state index in [-0.39, 0.29) is 34.1 Å². The SMILES string of the molecule is COc1cc(C)c([C@@H](C)NC(=O)c2ccc([N+](=O)[O-])cc2Cl)cc1C(C)C. The number of hydrogen-bond donors (Lipinski definition) is 1. The normalized spacial score (nSPS) is 12.0. The number of nitrogens with zero attached hydrogens (tertiary/aromatic N) is 1. The zero-order valence-corrected chi connectivity index (χ0v) is 16.8. The number of non-ortho nitro benzene ring substituents is 1. The first-order valence-electron chi connectivity index (χ1n) is 8.59. The van der Waals surface area contributed by atoms with Gasteiger partial charge in [0.15, 0.2) is 0 Å². The van der Waals surface area contributed by atoms with E-state index in [1.54, 1.807) is 7.11 Å². The van der Waals surface area contributed by atoms with Crippen LogP contribution in [0.4, 0.5) is 5.69 Å². The molecule has 1 N–H and O–H groups in total. The van der Waals surface area contributed by atoms with Gasteiger partial charge in [0.1, 0.15) is 5.75 Å². The van der Waals surface area contributed by atoms with E-state index >= 15 is 0 Å². The minimum absolute atomic E-state index is 0.0447. The summed E-state index contributed by atoms with van der Waals surface area (Å²) in [5.74, 6) is 0.707. The minimum atomic E-state index is -0.551. The van der Waals surface area contributed by atoms with Crippen molar-refractivity contribution in [2.24, 2.45) is 0 Å². The van der Waals surface area contributed by atoms with Gasteiger partial charge in [0.25, 0.3) is 11.6 Å². The van der Waals surface area contributed by atoms with Gasteiger partial charge < -0.3 is 10.1 Å². The summed E-state index contributed by atoms with van der Waals surface area (Å²) in [6, 6.07) is 7.54. The van der Waals surface area contributed by atoms with Gasteiger partial charge in [0.2, 0.25) is 0 Å². The van der Waals surface area contributed by atoms with Crippen molar-refractivity contribution in [3.8, 4) is 5.75 Å². The first kappa shape index (κ1) is 20.7. The fourth-order valence-corrected chi connectivity index (χ4v) is 3.22. The Hall–Kier alpha value is -2.60. The van der Waals surface area contributed by atoms with Crippen molar-refractivity contribution in [3.63, 3.8) is 0 Å².